The predicted molar refractivity (Wildman–Crippen MR) is 82.6 cm³/mol. The first kappa shape index (κ1) is 16.9. The monoisotopic (exact) mass is 270 g/mol. The Labute approximate surface area is 119 Å². The lowest BCUT2D eigenvalue weighted by molar-refractivity contribution is 0.149. The van der Waals surface area contributed by atoms with E-state index >= 15 is 0 Å². The molecule has 0 spiro atoms. The molecule has 0 atom stereocenters. The second-order valence-corrected chi connectivity index (χ2v) is 6.92. The highest BCUT2D eigenvalue weighted by Crippen LogP contribution is 2.30. The van der Waals surface area contributed by atoms with Gasteiger partial charge >= 0.3 is 0 Å². The van der Waals surface area contributed by atoms with E-state index < -0.39 is 0 Å². The number of ether oxygens (including phenoxy) is 1. The van der Waals surface area contributed by atoms with Gasteiger partial charge in [0.25, 0.3) is 0 Å². The topological polar surface area (TPSA) is 33.3 Å². The molecule has 1 aliphatic rings. The maximum absolute atomic E-state index is 5.17. The van der Waals surface area contributed by atoms with Gasteiger partial charge in [0.05, 0.1) is 0 Å². The number of methoxy groups -OCH3 is 1. The third-order valence-corrected chi connectivity index (χ3v) is 4.71. The largest absolute Gasteiger partial charge is 0.385 e. The van der Waals surface area contributed by atoms with Crippen LogP contribution in [0.1, 0.15) is 58.8 Å². The Hall–Kier alpha value is -0.120. The number of hydrogen-bond acceptors (Lipinski definition) is 3. The fraction of sp³-hybridized carbons (Fsp3) is 1.00. The molecule has 1 saturated carbocycles. The summed E-state index contributed by atoms with van der Waals surface area (Å²) in [7, 11) is 3.91. The molecule has 3 nitrogen and oxygen atoms in total. The summed E-state index contributed by atoms with van der Waals surface area (Å²) >= 11 is 0. The summed E-state index contributed by atoms with van der Waals surface area (Å²) in [6.07, 6.45) is 9.26. The molecule has 2 N–H and O–H groups in total. The standard InChI is InChI=1S/C16H34N2O/c1-15(2,11-13-19-4)14-18-12-10-16(17-3)8-6-5-7-9-16/h17-18H,5-14H2,1-4H3. The molecule has 0 aromatic rings. The van der Waals surface area contributed by atoms with E-state index in [4.69, 9.17) is 4.74 Å². The fourth-order valence-electron chi connectivity index (χ4n) is 3.07. The van der Waals surface area contributed by atoms with Crippen molar-refractivity contribution in [2.24, 2.45) is 5.41 Å². The van der Waals surface area contributed by atoms with Gasteiger partial charge < -0.3 is 15.4 Å². The minimum absolute atomic E-state index is 0.329. The predicted octanol–water partition coefficient (Wildman–Crippen LogP) is 2.95. The van der Waals surface area contributed by atoms with E-state index in [1.807, 2.05) is 0 Å². The SMILES string of the molecule is CNC1(CCNCC(C)(C)CCOC)CCCCC1. The fourth-order valence-corrected chi connectivity index (χ4v) is 3.07. The van der Waals surface area contributed by atoms with Gasteiger partial charge in [0, 0.05) is 25.8 Å². The molecule has 0 radical (unpaired) electrons. The molecule has 0 unspecified atom stereocenters. The lowest BCUT2D eigenvalue weighted by Crippen LogP contribution is -2.47. The summed E-state index contributed by atoms with van der Waals surface area (Å²) < 4.78 is 5.17. The third kappa shape index (κ3) is 6.24. The van der Waals surface area contributed by atoms with Crippen LogP contribution in [0, 0.1) is 5.41 Å². The highest BCUT2D eigenvalue weighted by molar-refractivity contribution is 4.90. The Balaban J connectivity index is 2.21. The van der Waals surface area contributed by atoms with Crippen molar-refractivity contribution in [3.8, 4) is 0 Å². The Morgan fingerprint density at radius 3 is 2.42 bits per heavy atom. The zero-order valence-corrected chi connectivity index (χ0v) is 13.5. The molecule has 1 rings (SSSR count). The number of hydrogen-bond donors (Lipinski definition) is 2. The highest BCUT2D eigenvalue weighted by Gasteiger charge is 2.29. The summed E-state index contributed by atoms with van der Waals surface area (Å²) in [5, 5.41) is 7.23. The van der Waals surface area contributed by atoms with Gasteiger partial charge in [-0.3, -0.25) is 0 Å². The van der Waals surface area contributed by atoms with Crippen LogP contribution in [-0.2, 0) is 4.74 Å². The van der Waals surface area contributed by atoms with Crippen LogP contribution in [0.2, 0.25) is 0 Å². The van der Waals surface area contributed by atoms with E-state index in [0.29, 0.717) is 11.0 Å². The van der Waals surface area contributed by atoms with E-state index in [2.05, 4.69) is 31.5 Å². The maximum atomic E-state index is 5.17. The molecule has 0 heterocycles. The van der Waals surface area contributed by atoms with Gasteiger partial charge in [0.1, 0.15) is 0 Å². The summed E-state index contributed by atoms with van der Waals surface area (Å²) in [6, 6.07) is 0. The van der Waals surface area contributed by atoms with Crippen molar-refractivity contribution in [1.82, 2.24) is 10.6 Å². The van der Waals surface area contributed by atoms with Crippen molar-refractivity contribution in [1.29, 1.82) is 0 Å². The first-order valence-corrected chi connectivity index (χ1v) is 7.92. The Kier molecular flexibility index (Phi) is 7.33. The average molecular weight is 270 g/mol. The first-order valence-electron chi connectivity index (χ1n) is 7.92. The Morgan fingerprint density at radius 1 is 1.16 bits per heavy atom. The quantitative estimate of drug-likeness (QED) is 0.632. The van der Waals surface area contributed by atoms with Crippen molar-refractivity contribution >= 4 is 0 Å². The van der Waals surface area contributed by atoms with Crippen molar-refractivity contribution in [2.75, 3.05) is 33.9 Å². The molecule has 0 aromatic heterocycles. The second-order valence-electron chi connectivity index (χ2n) is 6.92. The van der Waals surface area contributed by atoms with Crippen LogP contribution in [-0.4, -0.2) is 39.4 Å². The van der Waals surface area contributed by atoms with Crippen LogP contribution in [0.4, 0.5) is 0 Å². The van der Waals surface area contributed by atoms with Gasteiger partial charge in [-0.05, 0) is 44.7 Å². The van der Waals surface area contributed by atoms with Gasteiger partial charge in [0.15, 0.2) is 0 Å². The normalized spacial score (nSPS) is 19.6. The van der Waals surface area contributed by atoms with Gasteiger partial charge in [-0.2, -0.15) is 0 Å². The van der Waals surface area contributed by atoms with Crippen molar-refractivity contribution < 1.29 is 4.74 Å². The summed E-state index contributed by atoms with van der Waals surface area (Å²) in [5.74, 6) is 0. The van der Waals surface area contributed by atoms with E-state index in [9.17, 15) is 0 Å². The van der Waals surface area contributed by atoms with Crippen molar-refractivity contribution in [3.63, 3.8) is 0 Å². The summed E-state index contributed by atoms with van der Waals surface area (Å²) in [4.78, 5) is 0. The zero-order valence-electron chi connectivity index (χ0n) is 13.5. The number of nitrogens with one attached hydrogen (secondary N) is 2. The van der Waals surface area contributed by atoms with Gasteiger partial charge in [-0.25, -0.2) is 0 Å². The highest BCUT2D eigenvalue weighted by atomic mass is 16.5. The van der Waals surface area contributed by atoms with Crippen LogP contribution in [0.25, 0.3) is 0 Å². The van der Waals surface area contributed by atoms with Crippen molar-refractivity contribution in [2.45, 2.75) is 64.3 Å². The van der Waals surface area contributed by atoms with Crippen molar-refractivity contribution in [3.05, 3.63) is 0 Å². The molecule has 0 bridgehead atoms. The molecular formula is C16H34N2O. The Bertz CT molecular complexity index is 235. The summed E-state index contributed by atoms with van der Waals surface area (Å²) in [6.45, 7) is 7.68. The molecule has 3 heteroatoms. The molecule has 0 aromatic carbocycles. The van der Waals surface area contributed by atoms with Crippen LogP contribution in [0.5, 0.6) is 0 Å². The second kappa shape index (κ2) is 8.23. The smallest absolute Gasteiger partial charge is 0.0467 e. The molecule has 19 heavy (non-hydrogen) atoms. The van der Waals surface area contributed by atoms with E-state index in [1.54, 1.807) is 7.11 Å². The summed E-state index contributed by atoms with van der Waals surface area (Å²) in [5.41, 5.74) is 0.733. The molecule has 0 saturated heterocycles. The van der Waals surface area contributed by atoms with E-state index in [0.717, 1.165) is 26.1 Å². The van der Waals surface area contributed by atoms with Crippen LogP contribution in [0.3, 0.4) is 0 Å². The zero-order chi connectivity index (χ0) is 14.2. The third-order valence-electron chi connectivity index (χ3n) is 4.71. The minimum atomic E-state index is 0.329. The van der Waals surface area contributed by atoms with Crippen LogP contribution < -0.4 is 10.6 Å². The van der Waals surface area contributed by atoms with E-state index in [-0.39, 0.29) is 0 Å². The van der Waals surface area contributed by atoms with Crippen LogP contribution >= 0.6 is 0 Å². The minimum Gasteiger partial charge on any atom is -0.385 e. The molecular weight excluding hydrogens is 236 g/mol. The van der Waals surface area contributed by atoms with Gasteiger partial charge in [0.2, 0.25) is 0 Å². The number of rotatable bonds is 9. The molecule has 114 valence electrons. The maximum Gasteiger partial charge on any atom is 0.0467 e. The first-order chi connectivity index (χ1) is 9.04. The lowest BCUT2D eigenvalue weighted by atomic mass is 9.79. The molecule has 1 fully saturated rings. The molecule has 0 aliphatic heterocycles. The lowest BCUT2D eigenvalue weighted by Gasteiger charge is -2.37. The Morgan fingerprint density at radius 2 is 1.84 bits per heavy atom. The molecule has 0 amide bonds. The van der Waals surface area contributed by atoms with E-state index in [1.165, 1.54) is 38.5 Å². The van der Waals surface area contributed by atoms with Gasteiger partial charge in [-0.15, -0.1) is 0 Å². The molecule has 1 aliphatic carbocycles. The van der Waals surface area contributed by atoms with Crippen LogP contribution in [0.15, 0.2) is 0 Å². The van der Waals surface area contributed by atoms with Gasteiger partial charge in [-0.1, -0.05) is 33.1 Å². The average Bonchev–Trinajstić information content (AvgIpc) is 2.43.